The van der Waals surface area contributed by atoms with Crippen LogP contribution in [0.3, 0.4) is 0 Å². The third kappa shape index (κ3) is 7.85. The van der Waals surface area contributed by atoms with Crippen LogP contribution in [0.1, 0.15) is 57.3 Å². The predicted octanol–water partition coefficient (Wildman–Crippen LogP) is 7.19. The maximum atomic E-state index is 9.73. The fourth-order valence-corrected chi connectivity index (χ4v) is 4.74. The Hall–Kier alpha value is -4.32. The topological polar surface area (TPSA) is 121 Å². The predicted molar refractivity (Wildman–Crippen MR) is 159 cm³/mol. The molecule has 4 aromatic carbocycles. The molecule has 6 N–H and O–H groups in total. The minimum atomic E-state index is 0.0799. The molecule has 4 rings (SSSR count). The first-order valence-corrected chi connectivity index (χ1v) is 13.6. The standard InChI is InChI=1S/2C17H20O3/c1-11-12(2)16(19)9-7-13(11)4-3-5-14-6-8-15(18)10-17(14)20;1-11-12(2)16(19)8-6-13(11)4-3-5-14-10-15(18)7-9-17(14)20/h2*6-10,18-20H,3-5H2,1-2H3. The number of aromatic hydroxyl groups is 6. The number of aryl methyl sites for hydroxylation is 4. The molecule has 0 heterocycles. The molecular weight excluding hydrogens is 504 g/mol. The molecule has 0 saturated carbocycles. The first kappa shape index (κ1) is 30.2. The van der Waals surface area contributed by atoms with Gasteiger partial charge in [-0.2, -0.15) is 0 Å². The largest absolute Gasteiger partial charge is 0.508 e. The maximum absolute atomic E-state index is 9.73. The molecule has 0 spiro atoms. The minimum Gasteiger partial charge on any atom is -0.508 e. The van der Waals surface area contributed by atoms with E-state index in [4.69, 9.17) is 0 Å². The SMILES string of the molecule is Cc1c(O)ccc(CCCc2cc(O)ccc2O)c1C.Cc1c(O)ccc(CCCc2ccc(O)cc2O)c1C. The van der Waals surface area contributed by atoms with E-state index >= 15 is 0 Å². The van der Waals surface area contributed by atoms with E-state index in [0.717, 1.165) is 65.5 Å². The average molecular weight is 545 g/mol. The first-order valence-electron chi connectivity index (χ1n) is 13.6. The molecule has 0 aliphatic carbocycles. The summed E-state index contributed by atoms with van der Waals surface area (Å²) >= 11 is 0. The van der Waals surface area contributed by atoms with Crippen LogP contribution < -0.4 is 0 Å². The molecule has 0 radical (unpaired) electrons. The fourth-order valence-electron chi connectivity index (χ4n) is 4.74. The van der Waals surface area contributed by atoms with E-state index in [1.807, 2.05) is 39.8 Å². The lowest BCUT2D eigenvalue weighted by Crippen LogP contribution is -1.95. The van der Waals surface area contributed by atoms with Crippen LogP contribution in [-0.2, 0) is 25.7 Å². The smallest absolute Gasteiger partial charge is 0.122 e. The van der Waals surface area contributed by atoms with Gasteiger partial charge in [-0.1, -0.05) is 18.2 Å². The van der Waals surface area contributed by atoms with Gasteiger partial charge < -0.3 is 30.6 Å². The summed E-state index contributed by atoms with van der Waals surface area (Å²) in [6.07, 6.45) is 5.02. The van der Waals surface area contributed by atoms with E-state index in [1.54, 1.807) is 30.3 Å². The van der Waals surface area contributed by atoms with Crippen molar-refractivity contribution in [3.63, 3.8) is 0 Å². The molecule has 0 fully saturated rings. The third-order valence-corrected chi connectivity index (χ3v) is 7.66. The normalized spacial score (nSPS) is 10.7. The molecule has 40 heavy (non-hydrogen) atoms. The molecule has 0 amide bonds. The Bertz CT molecular complexity index is 1460. The van der Waals surface area contributed by atoms with Crippen molar-refractivity contribution < 1.29 is 30.6 Å². The van der Waals surface area contributed by atoms with Crippen LogP contribution in [0.4, 0.5) is 0 Å². The zero-order valence-electron chi connectivity index (χ0n) is 23.7. The first-order chi connectivity index (χ1) is 19.0. The second-order valence-electron chi connectivity index (χ2n) is 10.3. The summed E-state index contributed by atoms with van der Waals surface area (Å²) in [6, 6.07) is 16.7. The van der Waals surface area contributed by atoms with Crippen LogP contribution in [0, 0.1) is 27.7 Å². The Morgan fingerprint density at radius 3 is 1.30 bits per heavy atom. The van der Waals surface area contributed by atoms with Crippen LogP contribution in [0.2, 0.25) is 0 Å². The molecule has 6 nitrogen and oxygen atoms in total. The highest BCUT2D eigenvalue weighted by Crippen LogP contribution is 2.28. The Morgan fingerprint density at radius 2 is 0.775 bits per heavy atom. The van der Waals surface area contributed by atoms with Gasteiger partial charge in [0.1, 0.15) is 34.5 Å². The summed E-state index contributed by atoms with van der Waals surface area (Å²) in [4.78, 5) is 0. The molecular formula is C34H40O6. The van der Waals surface area contributed by atoms with E-state index in [1.165, 1.54) is 29.3 Å². The van der Waals surface area contributed by atoms with Gasteiger partial charge in [-0.15, -0.1) is 0 Å². The van der Waals surface area contributed by atoms with Gasteiger partial charge in [0, 0.05) is 6.07 Å². The number of phenolic OH excluding ortho intramolecular Hbond substituents is 6. The van der Waals surface area contributed by atoms with Crippen LogP contribution >= 0.6 is 0 Å². The molecule has 0 aromatic heterocycles. The average Bonchev–Trinajstić information content (AvgIpc) is 2.92. The molecule has 0 aliphatic rings. The fraction of sp³-hybridized carbons (Fsp3) is 0.294. The van der Waals surface area contributed by atoms with Crippen molar-refractivity contribution >= 4 is 0 Å². The zero-order valence-corrected chi connectivity index (χ0v) is 23.7. The summed E-state index contributed by atoms with van der Waals surface area (Å²) < 4.78 is 0. The van der Waals surface area contributed by atoms with Gasteiger partial charge in [0.05, 0.1) is 0 Å². The van der Waals surface area contributed by atoms with Crippen LogP contribution in [0.5, 0.6) is 34.5 Å². The van der Waals surface area contributed by atoms with Gasteiger partial charge in [-0.3, -0.25) is 0 Å². The van der Waals surface area contributed by atoms with Crippen molar-refractivity contribution in [3.05, 3.63) is 105 Å². The molecule has 6 heteroatoms. The second kappa shape index (κ2) is 13.7. The lowest BCUT2D eigenvalue weighted by Gasteiger charge is -2.10. The van der Waals surface area contributed by atoms with Gasteiger partial charge in [-0.25, -0.2) is 0 Å². The lowest BCUT2D eigenvalue weighted by atomic mass is 9.97. The highest BCUT2D eigenvalue weighted by atomic mass is 16.3. The third-order valence-electron chi connectivity index (χ3n) is 7.66. The van der Waals surface area contributed by atoms with E-state index < -0.39 is 0 Å². The highest BCUT2D eigenvalue weighted by Gasteiger charge is 2.08. The van der Waals surface area contributed by atoms with E-state index in [2.05, 4.69) is 0 Å². The molecule has 0 atom stereocenters. The van der Waals surface area contributed by atoms with Crippen molar-refractivity contribution in [2.75, 3.05) is 0 Å². The van der Waals surface area contributed by atoms with Crippen molar-refractivity contribution in [2.45, 2.75) is 66.2 Å². The summed E-state index contributed by atoms with van der Waals surface area (Å²) in [5, 5.41) is 57.4. The molecule has 0 saturated heterocycles. The van der Waals surface area contributed by atoms with E-state index in [9.17, 15) is 30.6 Å². The Morgan fingerprint density at radius 1 is 0.375 bits per heavy atom. The zero-order chi connectivity index (χ0) is 29.4. The summed E-state index contributed by atoms with van der Waals surface area (Å²) in [5.41, 5.74) is 8.12. The van der Waals surface area contributed by atoms with Gasteiger partial charge in [0.2, 0.25) is 0 Å². The Balaban J connectivity index is 0.000000220. The number of benzene rings is 4. The Kier molecular flexibility index (Phi) is 10.3. The minimum absolute atomic E-state index is 0.0799. The summed E-state index contributed by atoms with van der Waals surface area (Å²) in [7, 11) is 0. The monoisotopic (exact) mass is 544 g/mol. The van der Waals surface area contributed by atoms with Crippen LogP contribution in [0.15, 0.2) is 60.7 Å². The highest BCUT2D eigenvalue weighted by molar-refractivity contribution is 5.44. The van der Waals surface area contributed by atoms with Crippen molar-refractivity contribution in [3.8, 4) is 34.5 Å². The Labute approximate surface area is 236 Å². The molecule has 0 bridgehead atoms. The van der Waals surface area contributed by atoms with Gasteiger partial charge in [0.15, 0.2) is 0 Å². The summed E-state index contributed by atoms with van der Waals surface area (Å²) in [6.45, 7) is 7.85. The summed E-state index contributed by atoms with van der Waals surface area (Å²) in [5.74, 6) is 1.29. The van der Waals surface area contributed by atoms with Crippen LogP contribution in [-0.4, -0.2) is 30.6 Å². The number of rotatable bonds is 8. The van der Waals surface area contributed by atoms with Crippen molar-refractivity contribution in [2.24, 2.45) is 0 Å². The maximum Gasteiger partial charge on any atom is 0.122 e. The van der Waals surface area contributed by atoms with Gasteiger partial charge in [0.25, 0.3) is 0 Å². The number of phenols is 6. The molecule has 212 valence electrons. The van der Waals surface area contributed by atoms with E-state index in [-0.39, 0.29) is 23.0 Å². The number of hydrogen-bond donors (Lipinski definition) is 6. The second-order valence-corrected chi connectivity index (χ2v) is 10.3. The lowest BCUT2D eigenvalue weighted by molar-refractivity contribution is 0.445. The van der Waals surface area contributed by atoms with Crippen molar-refractivity contribution in [1.29, 1.82) is 0 Å². The quantitative estimate of drug-likeness (QED) is 0.131. The molecule has 0 unspecified atom stereocenters. The van der Waals surface area contributed by atoms with E-state index in [0.29, 0.717) is 17.9 Å². The molecule has 4 aromatic rings. The van der Waals surface area contributed by atoms with Crippen LogP contribution in [0.25, 0.3) is 0 Å². The van der Waals surface area contributed by atoms with Gasteiger partial charge in [-0.05, 0) is 147 Å². The van der Waals surface area contributed by atoms with Gasteiger partial charge >= 0.3 is 0 Å². The van der Waals surface area contributed by atoms with Crippen molar-refractivity contribution in [1.82, 2.24) is 0 Å². The molecule has 0 aliphatic heterocycles. The number of hydrogen-bond acceptors (Lipinski definition) is 6.